The number of aromatic nitrogens is 2. The van der Waals surface area contributed by atoms with Crippen molar-refractivity contribution in [1.82, 2.24) is 9.97 Å². The largest absolute Gasteiger partial charge is 0.278 e. The molecule has 0 bridgehead atoms. The van der Waals surface area contributed by atoms with Crippen LogP contribution in [0, 0.1) is 0 Å². The summed E-state index contributed by atoms with van der Waals surface area (Å²) < 4.78 is 2.02. The van der Waals surface area contributed by atoms with Gasteiger partial charge in [0.25, 0.3) is 5.91 Å². The van der Waals surface area contributed by atoms with Gasteiger partial charge in [0.1, 0.15) is 0 Å². The van der Waals surface area contributed by atoms with Crippen LogP contribution in [0.4, 0.5) is 5.13 Å². The van der Waals surface area contributed by atoms with E-state index in [0.717, 1.165) is 25.3 Å². The molecule has 4 rings (SSSR count). The van der Waals surface area contributed by atoms with E-state index < -0.39 is 0 Å². The Morgan fingerprint density at radius 3 is 2.77 bits per heavy atom. The summed E-state index contributed by atoms with van der Waals surface area (Å²) in [5, 5.41) is 1.11. The first-order valence-corrected chi connectivity index (χ1v) is 12.0. The zero-order valence-corrected chi connectivity index (χ0v) is 19.8. The zero-order chi connectivity index (χ0) is 21.1. The molecule has 0 aliphatic rings. The normalized spacial score (nSPS) is 11.2. The number of halogens is 1. The van der Waals surface area contributed by atoms with E-state index in [0.29, 0.717) is 22.5 Å². The van der Waals surface area contributed by atoms with Crippen LogP contribution in [-0.4, -0.2) is 21.1 Å². The molecule has 0 fully saturated rings. The van der Waals surface area contributed by atoms with Crippen LogP contribution in [0.3, 0.4) is 0 Å². The minimum atomic E-state index is -0.0787. The second kappa shape index (κ2) is 9.29. The third kappa shape index (κ3) is 4.91. The molecule has 1 amide bonds. The Balaban J connectivity index is 1.73. The second-order valence-corrected chi connectivity index (χ2v) is 10.6. The Hall–Kier alpha value is -2.22. The second-order valence-electron chi connectivity index (χ2n) is 7.02. The first-order chi connectivity index (χ1) is 14.5. The molecular formula is C23H20BrN3OS2. The van der Waals surface area contributed by atoms with Crippen molar-refractivity contribution in [2.45, 2.75) is 30.5 Å². The van der Waals surface area contributed by atoms with Gasteiger partial charge in [-0.1, -0.05) is 53.2 Å². The Kier molecular flexibility index (Phi) is 6.51. The molecule has 2 heterocycles. The lowest BCUT2D eigenvalue weighted by Crippen LogP contribution is -2.30. The van der Waals surface area contributed by atoms with Crippen LogP contribution < -0.4 is 4.90 Å². The lowest BCUT2D eigenvalue weighted by atomic mass is 10.2. The summed E-state index contributed by atoms with van der Waals surface area (Å²) in [7, 11) is 0. The van der Waals surface area contributed by atoms with Gasteiger partial charge < -0.3 is 0 Å². The van der Waals surface area contributed by atoms with Crippen LogP contribution >= 0.6 is 39.0 Å². The van der Waals surface area contributed by atoms with Crippen molar-refractivity contribution in [3.8, 4) is 0 Å². The monoisotopic (exact) mass is 497 g/mol. The highest BCUT2D eigenvalue weighted by Gasteiger charge is 2.22. The predicted octanol–water partition coefficient (Wildman–Crippen LogP) is 6.80. The van der Waals surface area contributed by atoms with E-state index in [2.05, 4.69) is 34.8 Å². The van der Waals surface area contributed by atoms with Gasteiger partial charge in [-0.25, -0.2) is 4.98 Å². The lowest BCUT2D eigenvalue weighted by Gasteiger charge is -2.20. The summed E-state index contributed by atoms with van der Waals surface area (Å²) in [5.41, 5.74) is 2.34. The number of anilines is 1. The fourth-order valence-electron chi connectivity index (χ4n) is 3.01. The van der Waals surface area contributed by atoms with Crippen molar-refractivity contribution >= 4 is 60.3 Å². The van der Waals surface area contributed by atoms with Gasteiger partial charge in [0.15, 0.2) is 5.13 Å². The van der Waals surface area contributed by atoms with Gasteiger partial charge in [-0.3, -0.25) is 14.7 Å². The van der Waals surface area contributed by atoms with E-state index >= 15 is 0 Å². The molecular weight excluding hydrogens is 478 g/mol. The number of thiazole rings is 1. The molecule has 0 N–H and O–H groups in total. The number of carbonyl (C=O) groups is 1. The molecule has 0 aliphatic carbocycles. The lowest BCUT2D eigenvalue weighted by molar-refractivity contribution is 0.0984. The molecule has 2 aromatic heterocycles. The summed E-state index contributed by atoms with van der Waals surface area (Å²) >= 11 is 6.76. The number of pyridine rings is 1. The van der Waals surface area contributed by atoms with Crippen molar-refractivity contribution in [1.29, 1.82) is 0 Å². The number of rotatable bonds is 6. The van der Waals surface area contributed by atoms with Crippen molar-refractivity contribution in [3.05, 3.63) is 82.6 Å². The quantitative estimate of drug-likeness (QED) is 0.274. The number of amides is 1. The van der Waals surface area contributed by atoms with Gasteiger partial charge in [-0.2, -0.15) is 0 Å². The molecule has 30 heavy (non-hydrogen) atoms. The van der Waals surface area contributed by atoms with Crippen LogP contribution in [-0.2, 0) is 6.54 Å². The highest BCUT2D eigenvalue weighted by Crippen LogP contribution is 2.33. The maximum absolute atomic E-state index is 13.6. The van der Waals surface area contributed by atoms with Crippen LogP contribution in [0.25, 0.3) is 10.2 Å². The number of fused-ring (bicyclic) bond motifs is 1. The Labute approximate surface area is 192 Å². The SMILES string of the molecule is CC(C)Sc1cccc(C(=O)N(Cc2ccccn2)c2nc3ccc(Br)cc3s2)c1. The van der Waals surface area contributed by atoms with Crippen LogP contribution in [0.15, 0.2) is 76.2 Å². The third-order valence-corrected chi connectivity index (χ3v) is 6.85. The van der Waals surface area contributed by atoms with Gasteiger partial charge in [0.2, 0.25) is 0 Å². The minimum absolute atomic E-state index is 0.0787. The maximum Gasteiger partial charge on any atom is 0.260 e. The van der Waals surface area contributed by atoms with E-state index in [1.165, 1.54) is 11.3 Å². The maximum atomic E-state index is 13.6. The molecule has 2 aromatic carbocycles. The van der Waals surface area contributed by atoms with Gasteiger partial charge in [0, 0.05) is 26.4 Å². The van der Waals surface area contributed by atoms with Gasteiger partial charge in [0.05, 0.1) is 22.5 Å². The molecule has 152 valence electrons. The van der Waals surface area contributed by atoms with Gasteiger partial charge in [-0.05, 0) is 48.5 Å². The molecule has 0 radical (unpaired) electrons. The predicted molar refractivity (Wildman–Crippen MR) is 130 cm³/mol. The summed E-state index contributed by atoms with van der Waals surface area (Å²) in [6.45, 7) is 4.65. The van der Waals surface area contributed by atoms with E-state index in [9.17, 15) is 4.79 Å². The van der Waals surface area contributed by atoms with Crippen molar-refractivity contribution < 1.29 is 4.79 Å². The van der Waals surface area contributed by atoms with Crippen LogP contribution in [0.2, 0.25) is 0 Å². The fourth-order valence-corrected chi connectivity index (χ4v) is 5.42. The summed E-state index contributed by atoms with van der Waals surface area (Å²) in [6, 6.07) is 19.5. The fraction of sp³-hybridized carbons (Fsp3) is 0.174. The van der Waals surface area contributed by atoms with E-state index in [1.54, 1.807) is 22.9 Å². The molecule has 7 heteroatoms. The molecule has 0 unspecified atom stereocenters. The molecule has 0 aliphatic heterocycles. The highest BCUT2D eigenvalue weighted by molar-refractivity contribution is 9.10. The number of carbonyl (C=O) groups excluding carboxylic acids is 1. The van der Waals surface area contributed by atoms with E-state index in [-0.39, 0.29) is 5.91 Å². The minimum Gasteiger partial charge on any atom is -0.278 e. The van der Waals surface area contributed by atoms with E-state index in [4.69, 9.17) is 4.98 Å². The Bertz CT molecular complexity index is 1180. The number of hydrogen-bond donors (Lipinski definition) is 0. The molecule has 0 spiro atoms. The van der Waals surface area contributed by atoms with Crippen molar-refractivity contribution in [2.24, 2.45) is 0 Å². The molecule has 4 nitrogen and oxygen atoms in total. The number of nitrogens with zero attached hydrogens (tertiary/aromatic N) is 3. The number of benzene rings is 2. The van der Waals surface area contributed by atoms with Gasteiger partial charge in [-0.15, -0.1) is 11.8 Å². The van der Waals surface area contributed by atoms with Crippen LogP contribution in [0.1, 0.15) is 29.9 Å². The number of hydrogen-bond acceptors (Lipinski definition) is 5. The Morgan fingerprint density at radius 1 is 1.13 bits per heavy atom. The van der Waals surface area contributed by atoms with Gasteiger partial charge >= 0.3 is 0 Å². The third-order valence-electron chi connectivity index (χ3n) is 4.31. The number of thioether (sulfide) groups is 1. The summed E-state index contributed by atoms with van der Waals surface area (Å²) in [6.07, 6.45) is 1.74. The standard InChI is InChI=1S/C23H20BrN3OS2/c1-15(2)29-19-8-5-6-16(12-19)22(28)27(14-18-7-3-4-11-25-18)23-26-20-10-9-17(24)13-21(20)30-23/h3-13,15H,14H2,1-2H3. The van der Waals surface area contributed by atoms with Crippen molar-refractivity contribution in [3.63, 3.8) is 0 Å². The smallest absolute Gasteiger partial charge is 0.260 e. The van der Waals surface area contributed by atoms with Crippen LogP contribution in [0.5, 0.6) is 0 Å². The highest BCUT2D eigenvalue weighted by atomic mass is 79.9. The Morgan fingerprint density at radius 2 is 2.00 bits per heavy atom. The first-order valence-electron chi connectivity index (χ1n) is 9.54. The molecule has 0 saturated carbocycles. The average molecular weight is 498 g/mol. The summed E-state index contributed by atoms with van der Waals surface area (Å²) in [5.74, 6) is -0.0787. The molecule has 0 saturated heterocycles. The first kappa shape index (κ1) is 21.0. The molecule has 0 atom stereocenters. The molecule has 4 aromatic rings. The average Bonchev–Trinajstić information content (AvgIpc) is 3.15. The zero-order valence-electron chi connectivity index (χ0n) is 16.6. The van der Waals surface area contributed by atoms with E-state index in [1.807, 2.05) is 60.7 Å². The topological polar surface area (TPSA) is 46.1 Å². The summed E-state index contributed by atoms with van der Waals surface area (Å²) in [4.78, 5) is 25.5. The van der Waals surface area contributed by atoms with Crippen molar-refractivity contribution in [2.75, 3.05) is 4.90 Å².